The number of carbonyl (C=O) groups excluding carboxylic acids is 2. The standard InChI is InChI=1S/C26H25ClN6O8/c1-16(34)28-21-13-23(31(9-10-41-17(2)35)15-18-7-5-4-6-8-18)25(40-3)14-22(21)29-30-26-20(27)11-19(32(36)37)12-24(26)33(38)39/h4-8,11-14H,9-10,15H2,1-3H3,(H,28,34). The summed E-state index contributed by atoms with van der Waals surface area (Å²) in [4.78, 5) is 46.3. The SMILES string of the molecule is COc1cc(N=Nc2c(Cl)cc([N+](=O)[O-])cc2[N+](=O)[O-])c(NC(C)=O)cc1N(CCOC(C)=O)Cc1ccccc1. The van der Waals surface area contributed by atoms with Crippen LogP contribution in [0, 0.1) is 20.2 Å². The zero-order valence-corrected chi connectivity index (χ0v) is 23.0. The molecule has 1 amide bonds. The second kappa shape index (κ2) is 13.8. The highest BCUT2D eigenvalue weighted by atomic mass is 35.5. The van der Waals surface area contributed by atoms with Crippen LogP contribution < -0.4 is 15.0 Å². The van der Waals surface area contributed by atoms with Crippen molar-refractivity contribution in [3.8, 4) is 5.75 Å². The second-order valence-electron chi connectivity index (χ2n) is 8.48. The number of rotatable bonds is 12. The lowest BCUT2D eigenvalue weighted by Crippen LogP contribution is -2.28. The molecule has 0 aliphatic rings. The first-order valence-electron chi connectivity index (χ1n) is 12.0. The minimum Gasteiger partial charge on any atom is -0.494 e. The van der Waals surface area contributed by atoms with Gasteiger partial charge >= 0.3 is 11.7 Å². The molecule has 0 spiro atoms. The molecule has 0 radical (unpaired) electrons. The third kappa shape index (κ3) is 8.19. The van der Waals surface area contributed by atoms with Crippen molar-refractivity contribution in [1.29, 1.82) is 0 Å². The second-order valence-corrected chi connectivity index (χ2v) is 8.89. The fourth-order valence-corrected chi connectivity index (χ4v) is 3.99. The van der Waals surface area contributed by atoms with Gasteiger partial charge in [0.25, 0.3) is 5.69 Å². The molecule has 0 bridgehead atoms. The Kier molecular flexibility index (Phi) is 10.2. The summed E-state index contributed by atoms with van der Waals surface area (Å²) in [5, 5.41) is 33.0. The van der Waals surface area contributed by atoms with E-state index in [9.17, 15) is 29.8 Å². The van der Waals surface area contributed by atoms with Gasteiger partial charge in [0.15, 0.2) is 5.69 Å². The van der Waals surface area contributed by atoms with E-state index in [4.69, 9.17) is 21.1 Å². The quantitative estimate of drug-likeness (QED) is 0.114. The van der Waals surface area contributed by atoms with Gasteiger partial charge in [0.2, 0.25) is 5.91 Å². The summed E-state index contributed by atoms with van der Waals surface area (Å²) in [5.74, 6) is -0.576. The van der Waals surface area contributed by atoms with Gasteiger partial charge in [-0.2, -0.15) is 0 Å². The summed E-state index contributed by atoms with van der Waals surface area (Å²) >= 11 is 6.09. The Morgan fingerprint density at radius 3 is 2.32 bits per heavy atom. The predicted octanol–water partition coefficient (Wildman–Crippen LogP) is 6.11. The first-order valence-corrected chi connectivity index (χ1v) is 12.3. The Morgan fingerprint density at radius 2 is 1.73 bits per heavy atom. The number of halogens is 1. The molecule has 3 rings (SSSR count). The van der Waals surface area contributed by atoms with Gasteiger partial charge in [0, 0.05) is 32.5 Å². The zero-order valence-electron chi connectivity index (χ0n) is 22.2. The van der Waals surface area contributed by atoms with Gasteiger partial charge in [-0.05, 0) is 11.6 Å². The average Bonchev–Trinajstić information content (AvgIpc) is 2.91. The number of ether oxygens (including phenoxy) is 2. The number of hydrogen-bond acceptors (Lipinski definition) is 11. The molecule has 3 aromatic carbocycles. The summed E-state index contributed by atoms with van der Waals surface area (Å²) in [6.45, 7) is 3.33. The molecule has 0 saturated carbocycles. The lowest BCUT2D eigenvalue weighted by atomic mass is 10.1. The lowest BCUT2D eigenvalue weighted by Gasteiger charge is -2.27. The van der Waals surface area contributed by atoms with Crippen LogP contribution in [0.2, 0.25) is 5.02 Å². The van der Waals surface area contributed by atoms with Crippen LogP contribution in [0.15, 0.2) is 64.8 Å². The summed E-state index contributed by atoms with van der Waals surface area (Å²) in [6, 6.07) is 14.2. The third-order valence-corrected chi connectivity index (χ3v) is 5.81. The minimum atomic E-state index is -0.865. The Balaban J connectivity index is 2.12. The van der Waals surface area contributed by atoms with Crippen LogP contribution >= 0.6 is 11.6 Å². The van der Waals surface area contributed by atoms with Crippen molar-refractivity contribution in [1.82, 2.24) is 0 Å². The Morgan fingerprint density at radius 1 is 1.02 bits per heavy atom. The summed E-state index contributed by atoms with van der Waals surface area (Å²) in [6.07, 6.45) is 0. The number of non-ortho nitro benzene ring substituents is 1. The molecule has 0 fully saturated rings. The van der Waals surface area contributed by atoms with Crippen molar-refractivity contribution in [2.75, 3.05) is 30.5 Å². The molecule has 1 N–H and O–H groups in total. The van der Waals surface area contributed by atoms with Crippen molar-refractivity contribution < 1.29 is 28.9 Å². The maximum Gasteiger partial charge on any atom is 0.305 e. The van der Waals surface area contributed by atoms with Gasteiger partial charge in [-0.25, -0.2) is 0 Å². The number of nitrogens with one attached hydrogen (secondary N) is 1. The van der Waals surface area contributed by atoms with Crippen LogP contribution in [0.3, 0.4) is 0 Å². The molecular weight excluding hydrogens is 560 g/mol. The number of nitro groups is 2. The van der Waals surface area contributed by atoms with E-state index in [0.717, 1.165) is 17.7 Å². The Hall–Kier alpha value is -5.11. The number of carbonyl (C=O) groups is 2. The van der Waals surface area contributed by atoms with Crippen LogP contribution in [0.4, 0.5) is 34.1 Å². The molecule has 0 atom stereocenters. The largest absolute Gasteiger partial charge is 0.494 e. The highest BCUT2D eigenvalue weighted by Crippen LogP contribution is 2.43. The van der Waals surface area contributed by atoms with Crippen molar-refractivity contribution >= 4 is 57.6 Å². The molecule has 41 heavy (non-hydrogen) atoms. The zero-order chi connectivity index (χ0) is 30.1. The van der Waals surface area contributed by atoms with E-state index in [1.54, 1.807) is 6.07 Å². The van der Waals surface area contributed by atoms with E-state index in [1.165, 1.54) is 27.0 Å². The summed E-state index contributed by atoms with van der Waals surface area (Å²) in [7, 11) is 1.42. The number of hydrogen-bond donors (Lipinski definition) is 1. The lowest BCUT2D eigenvalue weighted by molar-refractivity contribution is -0.393. The molecule has 3 aromatic rings. The van der Waals surface area contributed by atoms with Crippen molar-refractivity contribution in [3.63, 3.8) is 0 Å². The number of methoxy groups -OCH3 is 1. The third-order valence-electron chi connectivity index (χ3n) is 5.52. The monoisotopic (exact) mass is 584 g/mol. The smallest absolute Gasteiger partial charge is 0.305 e. The van der Waals surface area contributed by atoms with Crippen LogP contribution in [-0.2, 0) is 20.9 Å². The molecule has 15 heteroatoms. The Labute approximate surface area is 238 Å². The maximum absolute atomic E-state index is 12.1. The van der Waals surface area contributed by atoms with Crippen molar-refractivity contribution in [3.05, 3.63) is 85.4 Å². The Bertz CT molecular complexity index is 1500. The first-order chi connectivity index (χ1) is 19.5. The molecule has 0 aromatic heterocycles. The van der Waals surface area contributed by atoms with E-state index in [-0.39, 0.29) is 29.5 Å². The van der Waals surface area contributed by atoms with Gasteiger partial charge in [-0.1, -0.05) is 41.9 Å². The fraction of sp³-hybridized carbons (Fsp3) is 0.231. The summed E-state index contributed by atoms with van der Waals surface area (Å²) in [5.41, 5.74) is -0.0125. The van der Waals surface area contributed by atoms with Gasteiger partial charge in [-0.3, -0.25) is 29.8 Å². The maximum atomic E-state index is 12.1. The molecule has 214 valence electrons. The molecule has 0 aliphatic carbocycles. The fourth-order valence-electron chi connectivity index (χ4n) is 3.75. The van der Waals surface area contributed by atoms with Gasteiger partial charge in [0.1, 0.15) is 18.0 Å². The highest BCUT2D eigenvalue weighted by Gasteiger charge is 2.24. The molecular formula is C26H25ClN6O8. The van der Waals surface area contributed by atoms with Crippen LogP contribution in [-0.4, -0.2) is 42.0 Å². The molecule has 0 heterocycles. The highest BCUT2D eigenvalue weighted by molar-refractivity contribution is 6.33. The molecule has 14 nitrogen and oxygen atoms in total. The van der Waals surface area contributed by atoms with Gasteiger partial charge < -0.3 is 19.7 Å². The minimum absolute atomic E-state index is 0.0594. The van der Waals surface area contributed by atoms with Crippen LogP contribution in [0.25, 0.3) is 0 Å². The number of amides is 1. The predicted molar refractivity (Wildman–Crippen MR) is 150 cm³/mol. The topological polar surface area (TPSA) is 179 Å². The number of nitro benzene ring substituents is 2. The van der Waals surface area contributed by atoms with E-state index < -0.39 is 38.8 Å². The van der Waals surface area contributed by atoms with Crippen LogP contribution in [0.5, 0.6) is 5.75 Å². The van der Waals surface area contributed by atoms with E-state index in [0.29, 0.717) is 18.0 Å². The normalized spacial score (nSPS) is 10.7. The molecule has 0 aliphatic heterocycles. The van der Waals surface area contributed by atoms with Crippen molar-refractivity contribution in [2.45, 2.75) is 20.4 Å². The van der Waals surface area contributed by atoms with E-state index in [2.05, 4.69) is 15.5 Å². The van der Waals surface area contributed by atoms with Crippen molar-refractivity contribution in [2.24, 2.45) is 10.2 Å². The number of azo groups is 1. The summed E-state index contributed by atoms with van der Waals surface area (Å²) < 4.78 is 10.7. The van der Waals surface area contributed by atoms with Gasteiger partial charge in [-0.15, -0.1) is 10.2 Å². The number of anilines is 2. The first kappa shape index (κ1) is 30.4. The molecule has 0 saturated heterocycles. The van der Waals surface area contributed by atoms with Gasteiger partial charge in [0.05, 0.1) is 46.0 Å². The van der Waals surface area contributed by atoms with E-state index in [1.807, 2.05) is 35.2 Å². The number of nitrogens with zero attached hydrogens (tertiary/aromatic N) is 5. The van der Waals surface area contributed by atoms with E-state index >= 15 is 0 Å². The number of benzene rings is 3. The number of esters is 1. The van der Waals surface area contributed by atoms with Crippen LogP contribution in [0.1, 0.15) is 19.4 Å². The molecule has 0 unspecified atom stereocenters. The average molecular weight is 585 g/mol.